The highest BCUT2D eigenvalue weighted by molar-refractivity contribution is 7.12. The molecular formula is C18H30N2O2S. The van der Waals surface area contributed by atoms with Gasteiger partial charge in [0, 0.05) is 28.9 Å². The van der Waals surface area contributed by atoms with Crippen molar-refractivity contribution in [3.8, 4) is 0 Å². The van der Waals surface area contributed by atoms with Gasteiger partial charge in [-0.2, -0.15) is 0 Å². The molecule has 0 radical (unpaired) electrons. The van der Waals surface area contributed by atoms with Crippen molar-refractivity contribution in [3.63, 3.8) is 0 Å². The molecule has 0 aromatic carbocycles. The average molecular weight is 339 g/mol. The number of thiophene rings is 1. The lowest BCUT2D eigenvalue weighted by Gasteiger charge is -2.23. The minimum Gasteiger partial charge on any atom is -0.444 e. The van der Waals surface area contributed by atoms with Crippen molar-refractivity contribution in [3.05, 3.63) is 21.4 Å². The maximum atomic E-state index is 11.8. The third kappa shape index (κ3) is 5.81. The Kier molecular flexibility index (Phi) is 6.09. The molecule has 0 spiro atoms. The Morgan fingerprint density at radius 3 is 2.70 bits per heavy atom. The number of carbonyl (C=O) groups excluding carboxylic acids is 1. The standard InChI is InChI=1S/C18H30N2O2S/c1-12-9-15(13(2)23-12)11-19-16-8-6-7-14(16)10-20-17(21)22-18(3,4)5/h9,14,16,19H,6-8,10-11H2,1-5H3,(H,20,21). The fourth-order valence-electron chi connectivity index (χ4n) is 3.18. The van der Waals surface area contributed by atoms with Crippen LogP contribution in [0, 0.1) is 19.8 Å². The molecule has 1 aliphatic rings. The van der Waals surface area contributed by atoms with Gasteiger partial charge in [0.05, 0.1) is 0 Å². The van der Waals surface area contributed by atoms with E-state index in [9.17, 15) is 4.79 Å². The molecule has 4 nitrogen and oxygen atoms in total. The lowest BCUT2D eigenvalue weighted by atomic mass is 10.0. The summed E-state index contributed by atoms with van der Waals surface area (Å²) >= 11 is 1.86. The van der Waals surface area contributed by atoms with Crippen LogP contribution < -0.4 is 10.6 Å². The topological polar surface area (TPSA) is 50.4 Å². The predicted molar refractivity (Wildman–Crippen MR) is 96.0 cm³/mol. The second kappa shape index (κ2) is 7.67. The van der Waals surface area contributed by atoms with Crippen molar-refractivity contribution in [2.75, 3.05) is 6.54 Å². The van der Waals surface area contributed by atoms with Crippen molar-refractivity contribution >= 4 is 17.4 Å². The summed E-state index contributed by atoms with van der Waals surface area (Å²) in [7, 11) is 0. The first-order chi connectivity index (χ1) is 10.7. The zero-order valence-corrected chi connectivity index (χ0v) is 15.8. The molecule has 2 N–H and O–H groups in total. The van der Waals surface area contributed by atoms with Crippen molar-refractivity contribution in [1.29, 1.82) is 0 Å². The number of hydrogen-bond donors (Lipinski definition) is 2. The Labute approximate surface area is 144 Å². The minimum atomic E-state index is -0.439. The monoisotopic (exact) mass is 338 g/mol. The molecule has 1 aromatic rings. The van der Waals surface area contributed by atoms with Crippen LogP contribution in [0.5, 0.6) is 0 Å². The average Bonchev–Trinajstić information content (AvgIpc) is 2.98. The van der Waals surface area contributed by atoms with Crippen LogP contribution in [0.2, 0.25) is 0 Å². The Morgan fingerprint density at radius 1 is 1.35 bits per heavy atom. The zero-order valence-electron chi connectivity index (χ0n) is 15.0. The van der Waals surface area contributed by atoms with Crippen LogP contribution in [0.25, 0.3) is 0 Å². The van der Waals surface area contributed by atoms with Gasteiger partial charge in [-0.05, 0) is 65.0 Å². The maximum Gasteiger partial charge on any atom is 0.407 e. The summed E-state index contributed by atoms with van der Waals surface area (Å²) in [6, 6.07) is 2.75. The molecule has 5 heteroatoms. The number of ether oxygens (including phenoxy) is 1. The van der Waals surface area contributed by atoms with E-state index in [1.54, 1.807) is 0 Å². The van der Waals surface area contributed by atoms with Crippen molar-refractivity contribution in [2.45, 2.75) is 72.1 Å². The molecule has 1 aromatic heterocycles. The Hall–Kier alpha value is -1.07. The first kappa shape index (κ1) is 18.3. The third-order valence-electron chi connectivity index (χ3n) is 4.27. The minimum absolute atomic E-state index is 0.313. The highest BCUT2D eigenvalue weighted by Crippen LogP contribution is 2.27. The summed E-state index contributed by atoms with van der Waals surface area (Å²) < 4.78 is 5.31. The molecule has 2 atom stereocenters. The lowest BCUT2D eigenvalue weighted by Crippen LogP contribution is -2.40. The number of nitrogens with one attached hydrogen (secondary N) is 2. The van der Waals surface area contributed by atoms with Crippen molar-refractivity contribution in [1.82, 2.24) is 10.6 Å². The van der Waals surface area contributed by atoms with Gasteiger partial charge in [-0.25, -0.2) is 4.79 Å². The highest BCUT2D eigenvalue weighted by Gasteiger charge is 2.28. The SMILES string of the molecule is Cc1cc(CNC2CCCC2CNC(=O)OC(C)(C)C)c(C)s1. The summed E-state index contributed by atoms with van der Waals surface area (Å²) in [6.07, 6.45) is 3.25. The molecule has 0 bridgehead atoms. The van der Waals surface area contributed by atoms with Gasteiger partial charge >= 0.3 is 6.09 Å². The summed E-state index contributed by atoms with van der Waals surface area (Å²) in [6.45, 7) is 11.6. The van der Waals surface area contributed by atoms with E-state index >= 15 is 0 Å². The Morgan fingerprint density at radius 2 is 2.09 bits per heavy atom. The van der Waals surface area contributed by atoms with Crippen LogP contribution in [0.4, 0.5) is 4.79 Å². The van der Waals surface area contributed by atoms with Crippen LogP contribution >= 0.6 is 11.3 Å². The van der Waals surface area contributed by atoms with Gasteiger partial charge < -0.3 is 15.4 Å². The third-order valence-corrected chi connectivity index (χ3v) is 5.27. The first-order valence-corrected chi connectivity index (χ1v) is 9.32. The number of aryl methyl sites for hydroxylation is 2. The van der Waals surface area contributed by atoms with Gasteiger partial charge in [-0.3, -0.25) is 0 Å². The molecule has 1 heterocycles. The molecule has 1 amide bonds. The predicted octanol–water partition coefficient (Wildman–Crippen LogP) is 4.15. The van der Waals surface area contributed by atoms with Gasteiger partial charge in [-0.1, -0.05) is 6.42 Å². The summed E-state index contributed by atoms with van der Waals surface area (Å²) in [5.74, 6) is 0.488. The summed E-state index contributed by atoms with van der Waals surface area (Å²) in [5, 5.41) is 6.61. The van der Waals surface area contributed by atoms with E-state index in [4.69, 9.17) is 4.74 Å². The Balaban J connectivity index is 1.79. The summed E-state index contributed by atoms with van der Waals surface area (Å²) in [4.78, 5) is 14.6. The highest BCUT2D eigenvalue weighted by atomic mass is 32.1. The fourth-order valence-corrected chi connectivity index (χ4v) is 4.12. The smallest absolute Gasteiger partial charge is 0.407 e. The molecule has 0 saturated heterocycles. The fraction of sp³-hybridized carbons (Fsp3) is 0.722. The number of hydrogen-bond acceptors (Lipinski definition) is 4. The molecule has 130 valence electrons. The lowest BCUT2D eigenvalue weighted by molar-refractivity contribution is 0.0517. The normalized spacial score (nSPS) is 21.4. The number of alkyl carbamates (subject to hydrolysis) is 1. The molecule has 1 fully saturated rings. The van der Waals surface area contributed by atoms with Crippen LogP contribution in [0.1, 0.15) is 55.4 Å². The number of rotatable bonds is 5. The molecule has 1 aliphatic carbocycles. The summed E-state index contributed by atoms with van der Waals surface area (Å²) in [5.41, 5.74) is 0.962. The van der Waals surface area contributed by atoms with Crippen LogP contribution in [-0.4, -0.2) is 24.3 Å². The van der Waals surface area contributed by atoms with Gasteiger partial charge in [0.2, 0.25) is 0 Å². The van der Waals surface area contributed by atoms with Crippen LogP contribution in [0.3, 0.4) is 0 Å². The van der Waals surface area contributed by atoms with E-state index < -0.39 is 5.60 Å². The van der Waals surface area contributed by atoms with Crippen molar-refractivity contribution < 1.29 is 9.53 Å². The van der Waals surface area contributed by atoms with E-state index in [0.29, 0.717) is 18.5 Å². The number of amides is 1. The largest absolute Gasteiger partial charge is 0.444 e. The molecular weight excluding hydrogens is 308 g/mol. The van der Waals surface area contributed by atoms with Gasteiger partial charge in [0.1, 0.15) is 5.60 Å². The van der Waals surface area contributed by atoms with E-state index in [-0.39, 0.29) is 6.09 Å². The van der Waals surface area contributed by atoms with Gasteiger partial charge in [-0.15, -0.1) is 11.3 Å². The quantitative estimate of drug-likeness (QED) is 0.848. The molecule has 23 heavy (non-hydrogen) atoms. The van der Waals surface area contributed by atoms with Crippen LogP contribution in [-0.2, 0) is 11.3 Å². The molecule has 0 aliphatic heterocycles. The molecule has 2 unspecified atom stereocenters. The van der Waals surface area contributed by atoms with E-state index in [0.717, 1.165) is 13.0 Å². The molecule has 1 saturated carbocycles. The Bertz CT molecular complexity index is 534. The number of carbonyl (C=O) groups is 1. The maximum absolute atomic E-state index is 11.8. The second-order valence-corrected chi connectivity index (χ2v) is 8.96. The first-order valence-electron chi connectivity index (χ1n) is 8.51. The van der Waals surface area contributed by atoms with Crippen molar-refractivity contribution in [2.24, 2.45) is 5.92 Å². The second-order valence-electron chi connectivity index (χ2n) is 7.50. The van der Waals surface area contributed by atoms with E-state index in [1.807, 2.05) is 32.1 Å². The van der Waals surface area contributed by atoms with Gasteiger partial charge in [0.15, 0.2) is 0 Å². The molecule has 2 rings (SSSR count). The van der Waals surface area contributed by atoms with Crippen LogP contribution in [0.15, 0.2) is 6.07 Å². The zero-order chi connectivity index (χ0) is 17.0. The van der Waals surface area contributed by atoms with E-state index in [1.165, 1.54) is 28.2 Å². The van der Waals surface area contributed by atoms with E-state index in [2.05, 4.69) is 30.5 Å². The van der Waals surface area contributed by atoms with Gasteiger partial charge in [0.25, 0.3) is 0 Å².